The topological polar surface area (TPSA) is 44.8 Å². The van der Waals surface area contributed by atoms with Crippen molar-refractivity contribution in [2.75, 3.05) is 26.9 Å². The van der Waals surface area contributed by atoms with Gasteiger partial charge in [0.15, 0.2) is 0 Å². The Hall–Kier alpha value is -1.65. The Morgan fingerprint density at radius 2 is 1.62 bits per heavy atom. The summed E-state index contributed by atoms with van der Waals surface area (Å²) >= 11 is 0. The molecule has 0 bridgehead atoms. The fraction of sp³-hybridized carbons (Fsp3) is 0.550. The summed E-state index contributed by atoms with van der Waals surface area (Å²) in [6, 6.07) is 7.31. The van der Waals surface area contributed by atoms with Crippen molar-refractivity contribution in [2.24, 2.45) is 0 Å². The zero-order valence-electron chi connectivity index (χ0n) is 16.0. The predicted octanol–water partition coefficient (Wildman–Crippen LogP) is 5.03. The van der Waals surface area contributed by atoms with Crippen molar-refractivity contribution >= 4 is 5.97 Å². The number of esters is 1. The third kappa shape index (κ3) is 11.9. The van der Waals surface area contributed by atoms with E-state index in [2.05, 4.69) is 6.58 Å². The molecule has 0 aliphatic rings. The molecule has 0 radical (unpaired) electrons. The van der Waals surface area contributed by atoms with Crippen LogP contribution in [0.4, 0.5) is 0 Å². The van der Waals surface area contributed by atoms with Crippen LogP contribution in [0.2, 0.25) is 0 Å². The largest absolute Gasteiger partial charge is 0.465 e. The molecule has 1 aromatic carbocycles. The number of methoxy groups -OCH3 is 1. The van der Waals surface area contributed by atoms with Crippen molar-refractivity contribution in [1.82, 2.24) is 0 Å². The zero-order valence-corrected chi connectivity index (χ0v) is 16.0. The van der Waals surface area contributed by atoms with E-state index in [0.717, 1.165) is 18.4 Å². The lowest BCUT2D eigenvalue weighted by molar-refractivity contribution is 0.0591. The van der Waals surface area contributed by atoms with Crippen LogP contribution in [0.5, 0.6) is 0 Å². The van der Waals surface area contributed by atoms with Gasteiger partial charge in [-0.2, -0.15) is 0 Å². The van der Waals surface area contributed by atoms with Crippen molar-refractivity contribution in [3.63, 3.8) is 0 Å². The Bertz CT molecular complexity index is 416. The van der Waals surface area contributed by atoms with Crippen LogP contribution >= 0.6 is 0 Å². The summed E-state index contributed by atoms with van der Waals surface area (Å²) in [5.41, 5.74) is 1.41. The highest BCUT2D eigenvalue weighted by Gasteiger charge is 2.10. The molecular formula is C20H34O4. The number of benzene rings is 1. The maximum Gasteiger partial charge on any atom is 0.338 e. The van der Waals surface area contributed by atoms with Gasteiger partial charge in [0.2, 0.25) is 0 Å². The molecule has 0 saturated heterocycles. The minimum Gasteiger partial charge on any atom is -0.465 e. The van der Waals surface area contributed by atoms with Gasteiger partial charge in [-0.15, -0.1) is 6.58 Å². The van der Waals surface area contributed by atoms with E-state index >= 15 is 0 Å². The fourth-order valence-corrected chi connectivity index (χ4v) is 1.71. The molecule has 0 amide bonds. The number of rotatable bonds is 10. The van der Waals surface area contributed by atoms with Crippen LogP contribution in [-0.4, -0.2) is 32.9 Å². The second-order valence-corrected chi connectivity index (χ2v) is 4.27. The van der Waals surface area contributed by atoms with E-state index in [0.29, 0.717) is 32.0 Å². The highest BCUT2D eigenvalue weighted by molar-refractivity contribution is 5.90. The number of carbonyl (C=O) groups excluding carboxylic acids is 1. The van der Waals surface area contributed by atoms with E-state index in [1.54, 1.807) is 12.1 Å². The minimum absolute atomic E-state index is 0.331. The van der Waals surface area contributed by atoms with Crippen molar-refractivity contribution in [3.05, 3.63) is 48.0 Å². The Morgan fingerprint density at radius 1 is 1.04 bits per heavy atom. The van der Waals surface area contributed by atoms with Crippen molar-refractivity contribution in [3.8, 4) is 0 Å². The standard InChI is InChI=1S/C16H22O4.2C2H6/c1-3-10-19-11-6-7-12-20-13-14-8-4-5-9-15(14)16(17)18-2;2*1-2/h3-5,8-9H,1,6-7,10-13H2,2H3;2*1-2H3. The number of ether oxygens (including phenoxy) is 3. The van der Waals surface area contributed by atoms with Gasteiger partial charge in [-0.1, -0.05) is 52.0 Å². The molecule has 0 unspecified atom stereocenters. The lowest BCUT2D eigenvalue weighted by Gasteiger charge is -2.08. The van der Waals surface area contributed by atoms with Crippen molar-refractivity contribution < 1.29 is 19.0 Å². The molecule has 0 heterocycles. The Balaban J connectivity index is 0. The average Bonchev–Trinajstić information content (AvgIpc) is 2.67. The highest BCUT2D eigenvalue weighted by atomic mass is 16.5. The summed E-state index contributed by atoms with van der Waals surface area (Å²) in [6.45, 7) is 14.0. The smallest absolute Gasteiger partial charge is 0.338 e. The van der Waals surface area contributed by atoms with E-state index in [9.17, 15) is 4.79 Å². The van der Waals surface area contributed by atoms with Gasteiger partial charge in [-0.3, -0.25) is 0 Å². The van der Waals surface area contributed by atoms with Gasteiger partial charge in [0, 0.05) is 13.2 Å². The predicted molar refractivity (Wildman–Crippen MR) is 100 cm³/mol. The molecule has 1 rings (SSSR count). The van der Waals surface area contributed by atoms with Gasteiger partial charge in [-0.25, -0.2) is 4.79 Å². The quantitative estimate of drug-likeness (QED) is 0.341. The lowest BCUT2D eigenvalue weighted by atomic mass is 10.1. The van der Waals surface area contributed by atoms with Gasteiger partial charge in [0.1, 0.15) is 0 Å². The van der Waals surface area contributed by atoms with Crippen LogP contribution in [-0.2, 0) is 20.8 Å². The maximum atomic E-state index is 11.6. The number of hydrogen-bond donors (Lipinski definition) is 0. The summed E-state index contributed by atoms with van der Waals surface area (Å²) in [7, 11) is 1.38. The van der Waals surface area contributed by atoms with Crippen molar-refractivity contribution in [1.29, 1.82) is 0 Å². The van der Waals surface area contributed by atoms with E-state index in [1.807, 2.05) is 45.9 Å². The summed E-state index contributed by atoms with van der Waals surface area (Å²) in [6.07, 6.45) is 3.62. The highest BCUT2D eigenvalue weighted by Crippen LogP contribution is 2.11. The number of hydrogen-bond acceptors (Lipinski definition) is 4. The first-order valence-electron chi connectivity index (χ1n) is 8.72. The van der Waals surface area contributed by atoms with Gasteiger partial charge >= 0.3 is 5.97 Å². The van der Waals surface area contributed by atoms with E-state index in [1.165, 1.54) is 7.11 Å². The monoisotopic (exact) mass is 338 g/mol. The second-order valence-electron chi connectivity index (χ2n) is 4.27. The van der Waals surface area contributed by atoms with E-state index in [4.69, 9.17) is 14.2 Å². The molecule has 4 heteroatoms. The first-order valence-corrected chi connectivity index (χ1v) is 8.72. The van der Waals surface area contributed by atoms with Crippen LogP contribution in [0.3, 0.4) is 0 Å². The molecule has 138 valence electrons. The summed E-state index contributed by atoms with van der Waals surface area (Å²) in [5.74, 6) is -0.331. The third-order valence-corrected chi connectivity index (χ3v) is 2.74. The van der Waals surface area contributed by atoms with E-state index < -0.39 is 0 Å². The van der Waals surface area contributed by atoms with Crippen LogP contribution in [0.1, 0.15) is 56.5 Å². The first kappa shape index (κ1) is 24.6. The summed E-state index contributed by atoms with van der Waals surface area (Å²) in [5, 5.41) is 0. The number of unbranched alkanes of at least 4 members (excludes halogenated alkanes) is 1. The normalized spacial score (nSPS) is 9.04. The summed E-state index contributed by atoms with van der Waals surface area (Å²) in [4.78, 5) is 11.6. The first-order chi connectivity index (χ1) is 11.8. The molecule has 0 aliphatic heterocycles. The van der Waals surface area contributed by atoms with Gasteiger partial charge < -0.3 is 14.2 Å². The van der Waals surface area contributed by atoms with Crippen molar-refractivity contribution in [2.45, 2.75) is 47.1 Å². The average molecular weight is 338 g/mol. The molecule has 4 nitrogen and oxygen atoms in total. The molecule has 24 heavy (non-hydrogen) atoms. The molecule has 0 saturated carbocycles. The molecular weight excluding hydrogens is 304 g/mol. The molecule has 0 aliphatic carbocycles. The minimum atomic E-state index is -0.331. The van der Waals surface area contributed by atoms with Crippen LogP contribution in [0.25, 0.3) is 0 Å². The summed E-state index contributed by atoms with van der Waals surface area (Å²) < 4.78 is 15.6. The molecule has 0 aromatic heterocycles. The number of carbonyl (C=O) groups is 1. The van der Waals surface area contributed by atoms with Crippen LogP contribution in [0.15, 0.2) is 36.9 Å². The Kier molecular flexibility index (Phi) is 19.9. The molecule has 0 fully saturated rings. The molecule has 0 spiro atoms. The maximum absolute atomic E-state index is 11.6. The van der Waals surface area contributed by atoms with Crippen LogP contribution in [0, 0.1) is 0 Å². The van der Waals surface area contributed by atoms with E-state index in [-0.39, 0.29) is 5.97 Å². The SMILES string of the molecule is C=CCOCCCCOCc1ccccc1C(=O)OC.CC.CC. The fourth-order valence-electron chi connectivity index (χ4n) is 1.71. The molecule has 0 N–H and O–H groups in total. The Morgan fingerprint density at radius 3 is 2.21 bits per heavy atom. The van der Waals surface area contributed by atoms with Gasteiger partial charge in [0.05, 0.1) is 25.9 Å². The van der Waals surface area contributed by atoms with Gasteiger partial charge in [-0.05, 0) is 24.5 Å². The Labute approximate surface area is 147 Å². The second kappa shape index (κ2) is 19.4. The third-order valence-electron chi connectivity index (χ3n) is 2.74. The molecule has 0 atom stereocenters. The lowest BCUT2D eigenvalue weighted by Crippen LogP contribution is -2.07. The van der Waals surface area contributed by atoms with Crippen LogP contribution < -0.4 is 0 Å². The molecule has 1 aromatic rings. The zero-order chi connectivity index (χ0) is 18.6. The van der Waals surface area contributed by atoms with Gasteiger partial charge in [0.25, 0.3) is 0 Å².